The molecule has 0 spiro atoms. The average Bonchev–Trinajstić information content (AvgIpc) is 2.40. The third-order valence-corrected chi connectivity index (χ3v) is 2.22. The maximum atomic E-state index is 5.36. The SMILES string of the molecule is C#CC(NN)C1CCOC1C. The molecule has 11 heavy (non-hydrogen) atoms. The van der Waals surface area contributed by atoms with Crippen LogP contribution in [0.2, 0.25) is 0 Å². The Morgan fingerprint density at radius 3 is 2.91 bits per heavy atom. The molecule has 0 aliphatic carbocycles. The Morgan fingerprint density at radius 2 is 2.55 bits per heavy atom. The number of nitrogens with two attached hydrogens (primary N) is 1. The summed E-state index contributed by atoms with van der Waals surface area (Å²) in [4.78, 5) is 0. The summed E-state index contributed by atoms with van der Waals surface area (Å²) in [5, 5.41) is 0. The van der Waals surface area contributed by atoms with E-state index in [0.717, 1.165) is 13.0 Å². The number of hydrogen-bond acceptors (Lipinski definition) is 3. The summed E-state index contributed by atoms with van der Waals surface area (Å²) < 4.78 is 5.36. The second kappa shape index (κ2) is 3.72. The number of hydrazine groups is 1. The highest BCUT2D eigenvalue weighted by Crippen LogP contribution is 2.22. The Bertz CT molecular complexity index is 164. The van der Waals surface area contributed by atoms with Crippen molar-refractivity contribution in [2.75, 3.05) is 6.61 Å². The molecule has 3 atom stereocenters. The van der Waals surface area contributed by atoms with Crippen LogP contribution in [0.3, 0.4) is 0 Å². The van der Waals surface area contributed by atoms with E-state index in [2.05, 4.69) is 11.3 Å². The van der Waals surface area contributed by atoms with Gasteiger partial charge in [-0.3, -0.25) is 5.84 Å². The third-order valence-electron chi connectivity index (χ3n) is 2.22. The summed E-state index contributed by atoms with van der Waals surface area (Å²) in [6.07, 6.45) is 6.51. The number of ether oxygens (including phenoxy) is 1. The predicted molar refractivity (Wildman–Crippen MR) is 43.5 cm³/mol. The van der Waals surface area contributed by atoms with Crippen LogP contribution in [0.25, 0.3) is 0 Å². The standard InChI is InChI=1S/C8H14N2O/c1-3-8(10-9)7-4-5-11-6(7)2/h1,6-8,10H,4-5,9H2,2H3. The van der Waals surface area contributed by atoms with Gasteiger partial charge in [0.25, 0.3) is 0 Å². The van der Waals surface area contributed by atoms with Gasteiger partial charge in [0.05, 0.1) is 12.1 Å². The molecule has 0 radical (unpaired) electrons. The summed E-state index contributed by atoms with van der Waals surface area (Å²) in [7, 11) is 0. The zero-order chi connectivity index (χ0) is 8.27. The fraction of sp³-hybridized carbons (Fsp3) is 0.750. The number of terminal acetylenes is 1. The zero-order valence-electron chi connectivity index (χ0n) is 6.71. The lowest BCUT2D eigenvalue weighted by Gasteiger charge is -2.19. The van der Waals surface area contributed by atoms with Gasteiger partial charge >= 0.3 is 0 Å². The molecule has 62 valence electrons. The summed E-state index contributed by atoms with van der Waals surface area (Å²) in [5.41, 5.74) is 2.61. The largest absolute Gasteiger partial charge is 0.378 e. The first kappa shape index (κ1) is 8.54. The van der Waals surface area contributed by atoms with Crippen molar-refractivity contribution >= 4 is 0 Å². The minimum absolute atomic E-state index is 0.0486. The Morgan fingerprint density at radius 1 is 1.82 bits per heavy atom. The van der Waals surface area contributed by atoms with Gasteiger partial charge in [-0.25, -0.2) is 5.43 Å². The molecule has 0 saturated carbocycles. The van der Waals surface area contributed by atoms with Crippen LogP contribution in [-0.4, -0.2) is 18.8 Å². The van der Waals surface area contributed by atoms with E-state index in [1.165, 1.54) is 0 Å². The van der Waals surface area contributed by atoms with Crippen LogP contribution in [0.1, 0.15) is 13.3 Å². The van der Waals surface area contributed by atoms with Crippen molar-refractivity contribution < 1.29 is 4.74 Å². The third kappa shape index (κ3) is 1.72. The van der Waals surface area contributed by atoms with Crippen molar-refractivity contribution in [2.45, 2.75) is 25.5 Å². The molecular weight excluding hydrogens is 140 g/mol. The highest BCUT2D eigenvalue weighted by atomic mass is 16.5. The maximum Gasteiger partial charge on any atom is 0.0868 e. The molecule has 1 aliphatic rings. The monoisotopic (exact) mass is 154 g/mol. The molecule has 0 aromatic heterocycles. The van der Waals surface area contributed by atoms with Crippen molar-refractivity contribution in [2.24, 2.45) is 11.8 Å². The molecule has 0 aromatic carbocycles. The second-order valence-corrected chi connectivity index (χ2v) is 2.84. The lowest BCUT2D eigenvalue weighted by molar-refractivity contribution is 0.101. The van der Waals surface area contributed by atoms with Crippen LogP contribution in [0.5, 0.6) is 0 Å². The van der Waals surface area contributed by atoms with E-state index >= 15 is 0 Å². The van der Waals surface area contributed by atoms with E-state index in [4.69, 9.17) is 17.0 Å². The van der Waals surface area contributed by atoms with Crippen molar-refractivity contribution in [3.8, 4) is 12.3 Å². The molecule has 0 bridgehead atoms. The quantitative estimate of drug-likeness (QED) is 0.331. The van der Waals surface area contributed by atoms with E-state index in [9.17, 15) is 0 Å². The average molecular weight is 154 g/mol. The second-order valence-electron chi connectivity index (χ2n) is 2.84. The normalized spacial score (nSPS) is 33.2. The fourth-order valence-corrected chi connectivity index (χ4v) is 1.48. The molecule has 1 heterocycles. The smallest absolute Gasteiger partial charge is 0.0868 e. The summed E-state index contributed by atoms with van der Waals surface area (Å²) in [5.74, 6) is 8.25. The van der Waals surface area contributed by atoms with Gasteiger partial charge in [0.2, 0.25) is 0 Å². The molecule has 1 aliphatic heterocycles. The van der Waals surface area contributed by atoms with E-state index in [1.807, 2.05) is 6.92 Å². The molecular formula is C8H14N2O. The first-order valence-corrected chi connectivity index (χ1v) is 3.83. The van der Waals surface area contributed by atoms with Crippen LogP contribution in [-0.2, 0) is 4.74 Å². The first-order valence-electron chi connectivity index (χ1n) is 3.83. The van der Waals surface area contributed by atoms with E-state index in [0.29, 0.717) is 5.92 Å². The number of hydrogen-bond donors (Lipinski definition) is 2. The van der Waals surface area contributed by atoms with Gasteiger partial charge in [-0.05, 0) is 13.3 Å². The fourth-order valence-electron chi connectivity index (χ4n) is 1.48. The van der Waals surface area contributed by atoms with Gasteiger partial charge in [-0.1, -0.05) is 5.92 Å². The van der Waals surface area contributed by atoms with Crippen molar-refractivity contribution in [1.82, 2.24) is 5.43 Å². The summed E-state index contributed by atoms with van der Waals surface area (Å²) in [6.45, 7) is 2.82. The van der Waals surface area contributed by atoms with E-state index < -0.39 is 0 Å². The van der Waals surface area contributed by atoms with Gasteiger partial charge in [-0.15, -0.1) is 6.42 Å². The first-order chi connectivity index (χ1) is 5.29. The van der Waals surface area contributed by atoms with Gasteiger partial charge in [0.15, 0.2) is 0 Å². The molecule has 0 aromatic rings. The van der Waals surface area contributed by atoms with Crippen LogP contribution in [0.4, 0.5) is 0 Å². The van der Waals surface area contributed by atoms with Crippen molar-refractivity contribution in [3.63, 3.8) is 0 Å². The van der Waals surface area contributed by atoms with Gasteiger partial charge < -0.3 is 4.74 Å². The molecule has 3 unspecified atom stereocenters. The van der Waals surface area contributed by atoms with Crippen LogP contribution in [0, 0.1) is 18.3 Å². The van der Waals surface area contributed by atoms with Crippen LogP contribution < -0.4 is 11.3 Å². The van der Waals surface area contributed by atoms with E-state index in [-0.39, 0.29) is 12.1 Å². The van der Waals surface area contributed by atoms with Crippen molar-refractivity contribution in [1.29, 1.82) is 0 Å². The molecule has 3 heteroatoms. The zero-order valence-corrected chi connectivity index (χ0v) is 6.71. The van der Waals surface area contributed by atoms with E-state index in [1.54, 1.807) is 0 Å². The lowest BCUT2D eigenvalue weighted by Crippen LogP contribution is -2.42. The summed E-state index contributed by atoms with van der Waals surface area (Å²) in [6, 6.07) is -0.0486. The minimum atomic E-state index is -0.0486. The topological polar surface area (TPSA) is 47.3 Å². The molecule has 1 rings (SSSR count). The lowest BCUT2D eigenvalue weighted by atomic mass is 9.95. The maximum absolute atomic E-state index is 5.36. The predicted octanol–water partition coefficient (Wildman–Crippen LogP) is -0.124. The number of nitrogens with one attached hydrogen (secondary N) is 1. The van der Waals surface area contributed by atoms with Gasteiger partial charge in [-0.2, -0.15) is 0 Å². The molecule has 0 amide bonds. The molecule has 3 N–H and O–H groups in total. The highest BCUT2D eigenvalue weighted by molar-refractivity contribution is 5.03. The summed E-state index contributed by atoms with van der Waals surface area (Å²) >= 11 is 0. The van der Waals surface area contributed by atoms with Crippen molar-refractivity contribution in [3.05, 3.63) is 0 Å². The highest BCUT2D eigenvalue weighted by Gasteiger charge is 2.29. The van der Waals surface area contributed by atoms with Crippen LogP contribution in [0.15, 0.2) is 0 Å². The van der Waals surface area contributed by atoms with Gasteiger partial charge in [0.1, 0.15) is 0 Å². The Balaban J connectivity index is 2.51. The Kier molecular flexibility index (Phi) is 2.89. The minimum Gasteiger partial charge on any atom is -0.378 e. The van der Waals surface area contributed by atoms with Gasteiger partial charge in [0, 0.05) is 12.5 Å². The molecule has 1 fully saturated rings. The Labute approximate surface area is 67.3 Å². The van der Waals surface area contributed by atoms with Crippen LogP contribution >= 0.6 is 0 Å². The number of rotatable bonds is 2. The molecule has 3 nitrogen and oxygen atoms in total. The Hall–Kier alpha value is -0.560. The molecule has 1 saturated heterocycles.